The van der Waals surface area contributed by atoms with Crippen LogP contribution in [-0.4, -0.2) is 40.3 Å². The molecule has 1 unspecified atom stereocenters. The molecule has 4 aromatic rings. The van der Waals surface area contributed by atoms with Crippen LogP contribution < -0.4 is 5.73 Å². The Kier molecular flexibility index (Phi) is 7.75. The molecule has 6 nitrogen and oxygen atoms in total. The van der Waals surface area contributed by atoms with Gasteiger partial charge in [0.15, 0.2) is 0 Å². The van der Waals surface area contributed by atoms with Crippen molar-refractivity contribution in [3.8, 4) is 5.75 Å². The number of fused-ring (bicyclic) bond motifs is 3. The maximum Gasteiger partial charge on any atom is 0.125 e. The summed E-state index contributed by atoms with van der Waals surface area (Å²) in [4.78, 5) is 2.23. The standard InChI is InChI=1S/C29H32N4O2/c1-3-33(4-2)19-22-15-20(13-14-27(22)34)18-31-32-29(30)17-28(35)26-16-21-9-5-6-10-23(21)24-11-7-8-12-25(24)26/h5-16,18,28,34-35H,3-4,17,19H2,1-2H3,(H2,30,32)/b31-18+. The predicted molar refractivity (Wildman–Crippen MR) is 145 cm³/mol. The summed E-state index contributed by atoms with van der Waals surface area (Å²) < 4.78 is 0. The van der Waals surface area contributed by atoms with Crippen molar-refractivity contribution in [2.45, 2.75) is 32.9 Å². The molecule has 35 heavy (non-hydrogen) atoms. The third-order valence-electron chi connectivity index (χ3n) is 6.35. The molecule has 0 saturated heterocycles. The van der Waals surface area contributed by atoms with Gasteiger partial charge in [0.05, 0.1) is 12.3 Å². The zero-order valence-corrected chi connectivity index (χ0v) is 20.2. The van der Waals surface area contributed by atoms with Crippen molar-refractivity contribution in [3.63, 3.8) is 0 Å². The molecular formula is C29H32N4O2. The van der Waals surface area contributed by atoms with Crippen LogP contribution >= 0.6 is 0 Å². The normalized spacial score (nSPS) is 13.3. The van der Waals surface area contributed by atoms with Crippen LogP contribution in [0.4, 0.5) is 0 Å². The molecule has 0 radical (unpaired) electrons. The number of phenols is 1. The fourth-order valence-corrected chi connectivity index (χ4v) is 4.38. The van der Waals surface area contributed by atoms with E-state index in [9.17, 15) is 10.2 Å². The first-order valence-corrected chi connectivity index (χ1v) is 12.0. The van der Waals surface area contributed by atoms with Crippen LogP contribution in [0.1, 0.15) is 43.1 Å². The second kappa shape index (κ2) is 11.1. The molecule has 4 N–H and O–H groups in total. The lowest BCUT2D eigenvalue weighted by Crippen LogP contribution is -2.22. The van der Waals surface area contributed by atoms with Gasteiger partial charge in [0.1, 0.15) is 11.6 Å². The molecule has 0 spiro atoms. The van der Waals surface area contributed by atoms with Crippen LogP contribution in [-0.2, 0) is 6.54 Å². The maximum absolute atomic E-state index is 11.0. The summed E-state index contributed by atoms with van der Waals surface area (Å²) in [5.74, 6) is 0.510. The van der Waals surface area contributed by atoms with Crippen molar-refractivity contribution in [2.24, 2.45) is 15.9 Å². The summed E-state index contributed by atoms with van der Waals surface area (Å²) in [5, 5.41) is 33.8. The zero-order chi connectivity index (χ0) is 24.8. The number of rotatable bonds is 9. The summed E-state index contributed by atoms with van der Waals surface area (Å²) in [6, 6.07) is 23.6. The van der Waals surface area contributed by atoms with Gasteiger partial charge >= 0.3 is 0 Å². The zero-order valence-electron chi connectivity index (χ0n) is 20.2. The predicted octanol–water partition coefficient (Wildman–Crippen LogP) is 5.36. The molecule has 0 bridgehead atoms. The van der Waals surface area contributed by atoms with Crippen molar-refractivity contribution in [2.75, 3.05) is 13.1 Å². The fourth-order valence-electron chi connectivity index (χ4n) is 4.38. The summed E-state index contributed by atoms with van der Waals surface area (Å²) in [5.41, 5.74) is 8.60. The number of aliphatic hydroxyl groups is 1. The van der Waals surface area contributed by atoms with E-state index in [-0.39, 0.29) is 18.0 Å². The summed E-state index contributed by atoms with van der Waals surface area (Å²) in [7, 11) is 0. The highest BCUT2D eigenvalue weighted by molar-refractivity contribution is 6.09. The minimum absolute atomic E-state index is 0.169. The Morgan fingerprint density at radius 1 is 0.943 bits per heavy atom. The summed E-state index contributed by atoms with van der Waals surface area (Å²) in [6.07, 6.45) is 0.968. The molecule has 180 valence electrons. The van der Waals surface area contributed by atoms with E-state index in [2.05, 4.69) is 41.1 Å². The monoisotopic (exact) mass is 468 g/mol. The van der Waals surface area contributed by atoms with E-state index in [1.807, 2.05) is 48.5 Å². The molecule has 0 heterocycles. The number of nitrogens with zero attached hydrogens (tertiary/aromatic N) is 3. The van der Waals surface area contributed by atoms with E-state index in [4.69, 9.17) is 5.73 Å². The van der Waals surface area contributed by atoms with Gasteiger partial charge in [-0.3, -0.25) is 4.90 Å². The van der Waals surface area contributed by atoms with Gasteiger partial charge in [-0.25, -0.2) is 0 Å². The lowest BCUT2D eigenvalue weighted by molar-refractivity contribution is 0.187. The van der Waals surface area contributed by atoms with Crippen molar-refractivity contribution < 1.29 is 10.2 Å². The van der Waals surface area contributed by atoms with Gasteiger partial charge < -0.3 is 15.9 Å². The Bertz CT molecular complexity index is 1380. The number of aliphatic hydroxyl groups excluding tert-OH is 1. The highest BCUT2D eigenvalue weighted by atomic mass is 16.3. The molecule has 0 saturated carbocycles. The molecule has 0 aliphatic rings. The first kappa shape index (κ1) is 24.4. The number of phenolic OH excluding ortho intramolecular Hbond substituents is 1. The Labute approximate surface area is 206 Å². The van der Waals surface area contributed by atoms with Crippen LogP contribution in [0.5, 0.6) is 5.75 Å². The van der Waals surface area contributed by atoms with Gasteiger partial charge in [0, 0.05) is 18.5 Å². The summed E-state index contributed by atoms with van der Waals surface area (Å²) >= 11 is 0. The molecular weight excluding hydrogens is 436 g/mol. The molecule has 1 atom stereocenters. The molecule has 4 aromatic carbocycles. The van der Waals surface area contributed by atoms with E-state index in [1.54, 1.807) is 18.3 Å². The lowest BCUT2D eigenvalue weighted by atomic mass is 9.93. The topological polar surface area (TPSA) is 94.4 Å². The first-order chi connectivity index (χ1) is 17.0. The highest BCUT2D eigenvalue weighted by Gasteiger charge is 2.15. The van der Waals surface area contributed by atoms with Crippen LogP contribution in [0.15, 0.2) is 83.0 Å². The lowest BCUT2D eigenvalue weighted by Gasteiger charge is -2.18. The minimum atomic E-state index is -0.808. The fraction of sp³-hybridized carbons (Fsp3) is 0.241. The Morgan fingerprint density at radius 3 is 2.37 bits per heavy atom. The van der Waals surface area contributed by atoms with Gasteiger partial charge in [0.2, 0.25) is 0 Å². The van der Waals surface area contributed by atoms with Crippen molar-refractivity contribution in [3.05, 3.63) is 89.5 Å². The van der Waals surface area contributed by atoms with E-state index in [1.165, 1.54) is 0 Å². The molecule has 6 heteroatoms. The van der Waals surface area contributed by atoms with Crippen LogP contribution in [0.2, 0.25) is 0 Å². The van der Waals surface area contributed by atoms with Gasteiger partial charge in [-0.2, -0.15) is 5.10 Å². The minimum Gasteiger partial charge on any atom is -0.508 e. The van der Waals surface area contributed by atoms with Crippen LogP contribution in [0.3, 0.4) is 0 Å². The highest BCUT2D eigenvalue weighted by Crippen LogP contribution is 2.33. The van der Waals surface area contributed by atoms with Crippen LogP contribution in [0.25, 0.3) is 21.5 Å². The Balaban J connectivity index is 1.51. The number of hydrogen-bond acceptors (Lipinski definition) is 5. The third kappa shape index (κ3) is 5.67. The summed E-state index contributed by atoms with van der Waals surface area (Å²) in [6.45, 7) is 6.67. The maximum atomic E-state index is 11.0. The van der Waals surface area contributed by atoms with Gasteiger partial charge in [0.25, 0.3) is 0 Å². The third-order valence-corrected chi connectivity index (χ3v) is 6.35. The number of benzene rings is 4. The quantitative estimate of drug-likeness (QED) is 0.133. The first-order valence-electron chi connectivity index (χ1n) is 12.0. The van der Waals surface area contributed by atoms with Crippen molar-refractivity contribution >= 4 is 33.6 Å². The Hall–Kier alpha value is -3.74. The number of aromatic hydroxyl groups is 1. The number of nitrogens with two attached hydrogens (primary N) is 1. The van der Waals surface area contributed by atoms with Gasteiger partial charge in [-0.1, -0.05) is 62.4 Å². The number of hydrogen-bond donors (Lipinski definition) is 3. The Morgan fingerprint density at radius 2 is 1.63 bits per heavy atom. The van der Waals surface area contributed by atoms with Gasteiger partial charge in [-0.15, -0.1) is 5.10 Å². The van der Waals surface area contributed by atoms with Crippen molar-refractivity contribution in [1.82, 2.24) is 4.90 Å². The molecule has 0 aromatic heterocycles. The molecule has 0 aliphatic heterocycles. The van der Waals surface area contributed by atoms with Gasteiger partial charge in [-0.05, 0) is 70.0 Å². The largest absolute Gasteiger partial charge is 0.508 e. The van der Waals surface area contributed by atoms with E-state index in [0.29, 0.717) is 6.54 Å². The second-order valence-electron chi connectivity index (χ2n) is 8.64. The molecule has 0 aliphatic carbocycles. The smallest absolute Gasteiger partial charge is 0.125 e. The second-order valence-corrected chi connectivity index (χ2v) is 8.64. The average molecular weight is 469 g/mol. The average Bonchev–Trinajstić information content (AvgIpc) is 2.88. The van der Waals surface area contributed by atoms with Crippen molar-refractivity contribution in [1.29, 1.82) is 0 Å². The van der Waals surface area contributed by atoms with Crippen LogP contribution in [0, 0.1) is 0 Å². The molecule has 0 amide bonds. The molecule has 4 rings (SSSR count). The molecule has 0 fully saturated rings. The van der Waals surface area contributed by atoms with E-state index in [0.717, 1.165) is 51.3 Å². The van der Waals surface area contributed by atoms with E-state index < -0.39 is 6.10 Å². The SMILES string of the molecule is CCN(CC)Cc1cc(/C=N/N=C(\N)CC(O)c2cc3ccccc3c3ccccc23)ccc1O. The number of amidine groups is 1. The van der Waals surface area contributed by atoms with E-state index >= 15 is 0 Å².